The standard InChI is InChI=1S/C12H24N2O/c1-6-9(2)14-8-12(4,5)7-13-10(3)11(14)15/h9-10,13H,6-8H2,1-5H3. The van der Waals surface area contributed by atoms with Crippen LogP contribution < -0.4 is 5.32 Å². The lowest BCUT2D eigenvalue weighted by atomic mass is 9.92. The summed E-state index contributed by atoms with van der Waals surface area (Å²) in [5.41, 5.74) is 0.170. The van der Waals surface area contributed by atoms with E-state index in [1.54, 1.807) is 0 Å². The summed E-state index contributed by atoms with van der Waals surface area (Å²) in [6, 6.07) is 0.305. The molecule has 15 heavy (non-hydrogen) atoms. The van der Waals surface area contributed by atoms with E-state index < -0.39 is 0 Å². The highest BCUT2D eigenvalue weighted by Crippen LogP contribution is 2.22. The van der Waals surface area contributed by atoms with Crippen LogP contribution in [0.15, 0.2) is 0 Å². The Hall–Kier alpha value is -0.570. The molecule has 1 amide bonds. The summed E-state index contributed by atoms with van der Waals surface area (Å²) < 4.78 is 0. The fourth-order valence-corrected chi connectivity index (χ4v) is 1.95. The minimum Gasteiger partial charge on any atom is -0.338 e. The Bertz CT molecular complexity index is 238. The molecule has 0 aromatic rings. The Morgan fingerprint density at radius 3 is 2.73 bits per heavy atom. The van der Waals surface area contributed by atoms with Gasteiger partial charge in [0.1, 0.15) is 0 Å². The summed E-state index contributed by atoms with van der Waals surface area (Å²) in [7, 11) is 0. The monoisotopic (exact) mass is 212 g/mol. The molecule has 1 N–H and O–H groups in total. The molecule has 0 aliphatic carbocycles. The molecule has 88 valence electrons. The third-order valence-electron chi connectivity index (χ3n) is 3.26. The number of hydrogen-bond donors (Lipinski definition) is 1. The molecule has 2 unspecified atom stereocenters. The maximum Gasteiger partial charge on any atom is 0.239 e. The van der Waals surface area contributed by atoms with Gasteiger partial charge in [-0.25, -0.2) is 0 Å². The number of nitrogens with zero attached hydrogens (tertiary/aromatic N) is 1. The lowest BCUT2D eigenvalue weighted by molar-refractivity contribution is -0.135. The van der Waals surface area contributed by atoms with E-state index in [4.69, 9.17) is 0 Å². The number of carbonyl (C=O) groups is 1. The van der Waals surface area contributed by atoms with E-state index in [0.717, 1.165) is 19.5 Å². The Morgan fingerprint density at radius 1 is 1.60 bits per heavy atom. The molecule has 0 aromatic carbocycles. The van der Waals surface area contributed by atoms with Gasteiger partial charge >= 0.3 is 0 Å². The van der Waals surface area contributed by atoms with Gasteiger partial charge in [0.2, 0.25) is 5.91 Å². The highest BCUT2D eigenvalue weighted by atomic mass is 16.2. The normalized spacial score (nSPS) is 28.7. The summed E-state index contributed by atoms with van der Waals surface area (Å²) in [6.45, 7) is 12.4. The van der Waals surface area contributed by atoms with Crippen molar-refractivity contribution in [3.63, 3.8) is 0 Å². The van der Waals surface area contributed by atoms with Crippen LogP contribution in [0.5, 0.6) is 0 Å². The second-order valence-corrected chi connectivity index (χ2v) is 5.49. The molecule has 0 radical (unpaired) electrons. The van der Waals surface area contributed by atoms with E-state index in [-0.39, 0.29) is 17.4 Å². The predicted octanol–water partition coefficient (Wildman–Crippen LogP) is 1.63. The Balaban J connectivity index is 2.85. The highest BCUT2D eigenvalue weighted by Gasteiger charge is 2.33. The number of hydrogen-bond acceptors (Lipinski definition) is 2. The van der Waals surface area contributed by atoms with Gasteiger partial charge in [-0.05, 0) is 25.7 Å². The summed E-state index contributed by atoms with van der Waals surface area (Å²) in [5.74, 6) is 0.245. The van der Waals surface area contributed by atoms with Crippen LogP contribution >= 0.6 is 0 Å². The number of carbonyl (C=O) groups excluding carboxylic acids is 1. The van der Waals surface area contributed by atoms with Crippen molar-refractivity contribution in [1.82, 2.24) is 10.2 Å². The molecule has 3 heteroatoms. The fourth-order valence-electron chi connectivity index (χ4n) is 1.95. The average molecular weight is 212 g/mol. The van der Waals surface area contributed by atoms with Crippen LogP contribution in [0.4, 0.5) is 0 Å². The van der Waals surface area contributed by atoms with Crippen LogP contribution in [0.3, 0.4) is 0 Å². The zero-order chi connectivity index (χ0) is 11.6. The third-order valence-corrected chi connectivity index (χ3v) is 3.26. The van der Waals surface area contributed by atoms with Gasteiger partial charge in [0.25, 0.3) is 0 Å². The second kappa shape index (κ2) is 4.52. The topological polar surface area (TPSA) is 32.3 Å². The van der Waals surface area contributed by atoms with Crippen molar-refractivity contribution in [2.24, 2.45) is 5.41 Å². The van der Waals surface area contributed by atoms with Crippen molar-refractivity contribution in [2.75, 3.05) is 13.1 Å². The Labute approximate surface area is 93.2 Å². The summed E-state index contributed by atoms with van der Waals surface area (Å²) in [6.07, 6.45) is 1.02. The van der Waals surface area contributed by atoms with E-state index in [1.165, 1.54) is 0 Å². The minimum atomic E-state index is -0.0409. The zero-order valence-corrected chi connectivity index (χ0v) is 10.6. The van der Waals surface area contributed by atoms with Crippen LogP contribution in [0, 0.1) is 5.41 Å². The van der Waals surface area contributed by atoms with Crippen molar-refractivity contribution < 1.29 is 4.79 Å². The van der Waals surface area contributed by atoms with E-state index in [0.29, 0.717) is 6.04 Å². The number of nitrogens with one attached hydrogen (secondary N) is 1. The number of amides is 1. The lowest BCUT2D eigenvalue weighted by Gasteiger charge is -2.33. The molecule has 0 aromatic heterocycles. The molecule has 0 saturated carbocycles. The van der Waals surface area contributed by atoms with Gasteiger partial charge in [-0.3, -0.25) is 4.79 Å². The van der Waals surface area contributed by atoms with Gasteiger partial charge in [0.15, 0.2) is 0 Å². The van der Waals surface area contributed by atoms with Gasteiger partial charge in [0.05, 0.1) is 6.04 Å². The molecule has 1 rings (SSSR count). The molecule has 1 aliphatic heterocycles. The summed E-state index contributed by atoms with van der Waals surface area (Å²) >= 11 is 0. The first kappa shape index (κ1) is 12.5. The first-order valence-electron chi connectivity index (χ1n) is 5.91. The smallest absolute Gasteiger partial charge is 0.239 e. The van der Waals surface area contributed by atoms with Gasteiger partial charge in [-0.1, -0.05) is 20.8 Å². The first-order valence-corrected chi connectivity index (χ1v) is 5.91. The van der Waals surface area contributed by atoms with Gasteiger partial charge in [-0.15, -0.1) is 0 Å². The van der Waals surface area contributed by atoms with E-state index in [9.17, 15) is 4.79 Å². The molecular weight excluding hydrogens is 188 g/mol. The molecule has 2 atom stereocenters. The largest absolute Gasteiger partial charge is 0.338 e. The zero-order valence-electron chi connectivity index (χ0n) is 10.6. The number of rotatable bonds is 2. The van der Waals surface area contributed by atoms with Crippen LogP contribution in [0.1, 0.15) is 41.0 Å². The summed E-state index contributed by atoms with van der Waals surface area (Å²) in [4.78, 5) is 14.1. The maximum absolute atomic E-state index is 12.1. The van der Waals surface area contributed by atoms with Crippen molar-refractivity contribution in [3.8, 4) is 0 Å². The van der Waals surface area contributed by atoms with Crippen molar-refractivity contribution in [3.05, 3.63) is 0 Å². The molecule has 3 nitrogen and oxygen atoms in total. The molecule has 1 heterocycles. The van der Waals surface area contributed by atoms with Crippen molar-refractivity contribution in [2.45, 2.75) is 53.1 Å². The average Bonchev–Trinajstić information content (AvgIpc) is 2.29. The first-order chi connectivity index (χ1) is 6.87. The minimum absolute atomic E-state index is 0.0409. The van der Waals surface area contributed by atoms with E-state index in [1.807, 2.05) is 11.8 Å². The van der Waals surface area contributed by atoms with Crippen molar-refractivity contribution in [1.29, 1.82) is 0 Å². The summed E-state index contributed by atoms with van der Waals surface area (Å²) in [5, 5.41) is 3.30. The van der Waals surface area contributed by atoms with Crippen molar-refractivity contribution >= 4 is 5.91 Å². The van der Waals surface area contributed by atoms with Gasteiger partial charge in [-0.2, -0.15) is 0 Å². The molecular formula is C12H24N2O. The van der Waals surface area contributed by atoms with E-state index >= 15 is 0 Å². The third kappa shape index (κ3) is 2.94. The lowest BCUT2D eigenvalue weighted by Crippen LogP contribution is -2.46. The van der Waals surface area contributed by atoms with Crippen LogP contribution in [-0.4, -0.2) is 36.0 Å². The highest BCUT2D eigenvalue weighted by molar-refractivity contribution is 5.82. The second-order valence-electron chi connectivity index (χ2n) is 5.49. The SMILES string of the molecule is CCC(C)N1CC(C)(C)CNC(C)C1=O. The van der Waals surface area contributed by atoms with Gasteiger partial charge < -0.3 is 10.2 Å². The maximum atomic E-state index is 12.1. The molecule has 1 fully saturated rings. The Morgan fingerprint density at radius 2 is 2.20 bits per heavy atom. The van der Waals surface area contributed by atoms with Crippen LogP contribution in [0.25, 0.3) is 0 Å². The molecule has 0 bridgehead atoms. The van der Waals surface area contributed by atoms with E-state index in [2.05, 4.69) is 33.0 Å². The predicted molar refractivity (Wildman–Crippen MR) is 62.7 cm³/mol. The van der Waals surface area contributed by atoms with Crippen LogP contribution in [-0.2, 0) is 4.79 Å². The molecule has 0 spiro atoms. The Kier molecular flexibility index (Phi) is 3.77. The fraction of sp³-hybridized carbons (Fsp3) is 0.917. The van der Waals surface area contributed by atoms with Gasteiger partial charge in [0, 0.05) is 19.1 Å². The van der Waals surface area contributed by atoms with Crippen LogP contribution in [0.2, 0.25) is 0 Å². The molecule has 1 aliphatic rings. The quantitative estimate of drug-likeness (QED) is 0.754. The molecule has 1 saturated heterocycles.